The van der Waals surface area contributed by atoms with Crippen LogP contribution in [-0.2, 0) is 14.8 Å². The molecule has 1 aliphatic rings. The lowest BCUT2D eigenvalue weighted by molar-refractivity contribution is -0.133. The fourth-order valence-electron chi connectivity index (χ4n) is 3.11. The van der Waals surface area contributed by atoms with Crippen LogP contribution in [0.4, 0.5) is 0 Å². The van der Waals surface area contributed by atoms with E-state index in [0.29, 0.717) is 12.8 Å². The smallest absolute Gasteiger partial charge is 0.240 e. The van der Waals surface area contributed by atoms with Gasteiger partial charge in [-0.05, 0) is 38.8 Å². The topological polar surface area (TPSA) is 66.5 Å². The van der Waals surface area contributed by atoms with Crippen LogP contribution in [0, 0.1) is 12.8 Å². The van der Waals surface area contributed by atoms with E-state index in [9.17, 15) is 13.2 Å². The number of amides is 1. The maximum Gasteiger partial charge on any atom is 0.240 e. The van der Waals surface area contributed by atoms with Crippen molar-refractivity contribution in [2.75, 3.05) is 7.05 Å². The summed E-state index contributed by atoms with van der Waals surface area (Å²) in [6, 6.07) is 6.40. The van der Waals surface area contributed by atoms with Gasteiger partial charge in [-0.15, -0.1) is 0 Å². The van der Waals surface area contributed by atoms with Crippen LogP contribution < -0.4 is 4.72 Å². The summed E-state index contributed by atoms with van der Waals surface area (Å²) in [5, 5.41) is 0. The van der Waals surface area contributed by atoms with Crippen LogP contribution in [0.2, 0.25) is 0 Å². The summed E-state index contributed by atoms with van der Waals surface area (Å²) in [5.41, 5.74) is 1.01. The molecule has 1 aromatic carbocycles. The van der Waals surface area contributed by atoms with Gasteiger partial charge in [0.1, 0.15) is 0 Å². The molecular weight excluding hydrogens is 324 g/mol. The number of benzene rings is 1. The lowest BCUT2D eigenvalue weighted by Crippen LogP contribution is -2.47. The van der Waals surface area contributed by atoms with Gasteiger partial charge in [-0.3, -0.25) is 4.79 Å². The van der Waals surface area contributed by atoms with Crippen LogP contribution in [-0.4, -0.2) is 32.3 Å². The zero-order valence-electron chi connectivity index (χ0n) is 14.5. The van der Waals surface area contributed by atoms with E-state index in [-0.39, 0.29) is 22.8 Å². The monoisotopic (exact) mass is 350 g/mol. The molecule has 1 amide bonds. The van der Waals surface area contributed by atoms with Gasteiger partial charge in [0.15, 0.2) is 0 Å². The number of carbonyl (C=O) groups is 1. The molecule has 2 atom stereocenters. The number of hydrogen-bond donors (Lipinski definition) is 1. The van der Waals surface area contributed by atoms with Crippen molar-refractivity contribution in [2.24, 2.45) is 5.92 Å². The largest absolute Gasteiger partial charge is 0.322 e. The second-order valence-electron chi connectivity index (χ2n) is 6.36. The highest BCUT2D eigenvalue weighted by molar-refractivity contribution is 7.89. The molecule has 0 aromatic heterocycles. The summed E-state index contributed by atoms with van der Waals surface area (Å²) in [6.45, 7) is 3.76. The van der Waals surface area contributed by atoms with E-state index in [2.05, 4.69) is 4.72 Å². The summed E-state index contributed by atoms with van der Waals surface area (Å²) in [4.78, 5) is 14.4. The summed E-state index contributed by atoms with van der Waals surface area (Å²) in [6.07, 6.45) is 6.78. The quantitative estimate of drug-likeness (QED) is 0.888. The molecule has 1 saturated carbocycles. The summed E-state index contributed by atoms with van der Waals surface area (Å²) in [5.74, 6) is -0.357. The SMILES string of the molecule is C/C=C/N(C)C(=O)[C@@H]1CCCC[C@H]1NS(=O)(=O)c1ccc(C)cc1. The maximum absolute atomic E-state index is 12.6. The minimum absolute atomic E-state index is 0.0376. The Bertz CT molecular complexity index is 695. The standard InChI is InChI=1S/C18H26N2O3S/c1-4-13-20(3)18(21)16-7-5-6-8-17(16)19-24(22,23)15-11-9-14(2)10-12-15/h4,9-13,16-17,19H,5-8H2,1-3H3/b13-4+/t16-,17-/m1/s1. The molecule has 0 radical (unpaired) electrons. The first-order valence-corrected chi connectivity index (χ1v) is 9.82. The molecule has 0 aliphatic heterocycles. The van der Waals surface area contributed by atoms with E-state index in [1.165, 1.54) is 0 Å². The number of rotatable bonds is 5. The Labute approximate surface area is 144 Å². The van der Waals surface area contributed by atoms with Crippen molar-refractivity contribution in [3.8, 4) is 0 Å². The summed E-state index contributed by atoms with van der Waals surface area (Å²) in [7, 11) is -1.91. The molecule has 2 rings (SSSR count). The Hall–Kier alpha value is -1.66. The van der Waals surface area contributed by atoms with Crippen LogP contribution in [0.3, 0.4) is 0 Å². The maximum atomic E-state index is 12.6. The van der Waals surface area contributed by atoms with Crippen molar-refractivity contribution in [3.05, 3.63) is 42.1 Å². The van der Waals surface area contributed by atoms with Crippen molar-refractivity contribution >= 4 is 15.9 Å². The molecule has 132 valence electrons. The van der Waals surface area contributed by atoms with Crippen molar-refractivity contribution in [1.29, 1.82) is 0 Å². The van der Waals surface area contributed by atoms with Crippen LogP contribution in [0.25, 0.3) is 0 Å². The van der Waals surface area contributed by atoms with E-state index in [1.54, 1.807) is 48.5 Å². The number of carbonyl (C=O) groups excluding carboxylic acids is 1. The van der Waals surface area contributed by atoms with Gasteiger partial charge in [-0.25, -0.2) is 13.1 Å². The molecule has 6 heteroatoms. The van der Waals surface area contributed by atoms with Crippen LogP contribution in [0.15, 0.2) is 41.4 Å². The van der Waals surface area contributed by atoms with E-state index in [1.807, 2.05) is 13.8 Å². The third-order valence-corrected chi connectivity index (χ3v) is 5.95. The molecule has 5 nitrogen and oxygen atoms in total. The average Bonchev–Trinajstić information content (AvgIpc) is 2.55. The van der Waals surface area contributed by atoms with Gasteiger partial charge in [-0.2, -0.15) is 0 Å². The minimum Gasteiger partial charge on any atom is -0.322 e. The zero-order valence-corrected chi connectivity index (χ0v) is 15.3. The Morgan fingerprint density at radius 3 is 2.46 bits per heavy atom. The predicted octanol–water partition coefficient (Wildman–Crippen LogP) is 2.82. The summed E-state index contributed by atoms with van der Waals surface area (Å²) < 4.78 is 28.0. The van der Waals surface area contributed by atoms with Crippen molar-refractivity contribution in [2.45, 2.75) is 50.5 Å². The minimum atomic E-state index is -3.62. The second kappa shape index (κ2) is 7.94. The molecule has 0 saturated heterocycles. The number of aryl methyl sites for hydroxylation is 1. The molecule has 1 N–H and O–H groups in total. The van der Waals surface area contributed by atoms with E-state index in [0.717, 1.165) is 18.4 Å². The predicted molar refractivity (Wildman–Crippen MR) is 94.8 cm³/mol. The summed E-state index contributed by atoms with van der Waals surface area (Å²) >= 11 is 0. The molecular formula is C18H26N2O3S. The van der Waals surface area contributed by atoms with Gasteiger partial charge in [0.05, 0.1) is 10.8 Å². The lowest BCUT2D eigenvalue weighted by atomic mass is 9.84. The number of allylic oxidation sites excluding steroid dienone is 1. The van der Waals surface area contributed by atoms with Crippen molar-refractivity contribution in [3.63, 3.8) is 0 Å². The first-order valence-electron chi connectivity index (χ1n) is 8.33. The van der Waals surface area contributed by atoms with Gasteiger partial charge in [-0.1, -0.05) is 36.6 Å². The van der Waals surface area contributed by atoms with Gasteiger partial charge >= 0.3 is 0 Å². The molecule has 1 fully saturated rings. The molecule has 0 unspecified atom stereocenters. The van der Waals surface area contributed by atoms with E-state index in [4.69, 9.17) is 0 Å². The molecule has 1 aliphatic carbocycles. The number of nitrogens with one attached hydrogen (secondary N) is 1. The van der Waals surface area contributed by atoms with Gasteiger partial charge < -0.3 is 4.90 Å². The van der Waals surface area contributed by atoms with Gasteiger partial charge in [0, 0.05) is 19.3 Å². The molecule has 0 bridgehead atoms. The molecule has 24 heavy (non-hydrogen) atoms. The first kappa shape index (κ1) is 18.7. The fraction of sp³-hybridized carbons (Fsp3) is 0.500. The Morgan fingerprint density at radius 2 is 1.83 bits per heavy atom. The number of hydrogen-bond acceptors (Lipinski definition) is 3. The van der Waals surface area contributed by atoms with Gasteiger partial charge in [0.2, 0.25) is 15.9 Å². The van der Waals surface area contributed by atoms with E-state index < -0.39 is 10.0 Å². The van der Waals surface area contributed by atoms with Crippen molar-refractivity contribution in [1.82, 2.24) is 9.62 Å². The Morgan fingerprint density at radius 1 is 1.21 bits per heavy atom. The third kappa shape index (κ3) is 4.45. The van der Waals surface area contributed by atoms with Crippen LogP contribution in [0.1, 0.15) is 38.2 Å². The second-order valence-corrected chi connectivity index (χ2v) is 8.08. The lowest BCUT2D eigenvalue weighted by Gasteiger charge is -2.32. The third-order valence-electron chi connectivity index (χ3n) is 4.44. The van der Waals surface area contributed by atoms with Crippen LogP contribution in [0.5, 0.6) is 0 Å². The zero-order chi connectivity index (χ0) is 17.7. The Balaban J connectivity index is 2.18. The first-order chi connectivity index (χ1) is 11.3. The fourth-order valence-corrected chi connectivity index (χ4v) is 4.42. The van der Waals surface area contributed by atoms with E-state index >= 15 is 0 Å². The molecule has 0 spiro atoms. The van der Waals surface area contributed by atoms with Crippen LogP contribution >= 0.6 is 0 Å². The highest BCUT2D eigenvalue weighted by Gasteiger charge is 2.35. The Kier molecular flexibility index (Phi) is 6.18. The molecule has 0 heterocycles. The number of nitrogens with zero attached hydrogens (tertiary/aromatic N) is 1. The van der Waals surface area contributed by atoms with Crippen molar-refractivity contribution < 1.29 is 13.2 Å². The molecule has 1 aromatic rings. The normalized spacial score (nSPS) is 21.8. The highest BCUT2D eigenvalue weighted by atomic mass is 32.2. The number of sulfonamides is 1. The highest BCUT2D eigenvalue weighted by Crippen LogP contribution is 2.27. The van der Waals surface area contributed by atoms with Gasteiger partial charge in [0.25, 0.3) is 0 Å². The average molecular weight is 350 g/mol.